The van der Waals surface area contributed by atoms with Crippen molar-refractivity contribution in [2.75, 3.05) is 0 Å². The van der Waals surface area contributed by atoms with E-state index in [1.54, 1.807) is 0 Å². The molecular weight excluding hydrogens is 155 g/mol. The summed E-state index contributed by atoms with van der Waals surface area (Å²) in [5.41, 5.74) is 0.462. The first-order valence-electron chi connectivity index (χ1n) is 4.38. The Hall–Kier alpha value is -0.920. The minimum Gasteiger partial charge on any atom is -0.294 e. The standard InChI is InChI=1S/C10H11FO/c11-8-5-1-3-7-4-2-6-9(12)10(7)8/h1,5,7H,2-4,6H2. The van der Waals surface area contributed by atoms with Crippen LogP contribution < -0.4 is 0 Å². The second kappa shape index (κ2) is 2.85. The Bertz CT molecular complexity index is 276. The normalized spacial score (nSPS) is 29.1. The second-order valence-corrected chi connectivity index (χ2v) is 3.41. The Morgan fingerprint density at radius 3 is 3.08 bits per heavy atom. The van der Waals surface area contributed by atoms with Gasteiger partial charge in [-0.15, -0.1) is 0 Å². The fourth-order valence-electron chi connectivity index (χ4n) is 2.01. The van der Waals surface area contributed by atoms with E-state index < -0.39 is 0 Å². The molecule has 2 heteroatoms. The van der Waals surface area contributed by atoms with Gasteiger partial charge in [0.15, 0.2) is 5.78 Å². The molecule has 2 aliphatic rings. The number of halogens is 1. The van der Waals surface area contributed by atoms with Crippen LogP contribution in [0.25, 0.3) is 0 Å². The minimum atomic E-state index is -0.295. The zero-order valence-corrected chi connectivity index (χ0v) is 6.85. The molecular formula is C10H11FO. The van der Waals surface area contributed by atoms with Gasteiger partial charge in [-0.2, -0.15) is 0 Å². The number of Topliss-reactive ketones (excluding diaryl/α,β-unsaturated/α-hetero) is 1. The fourth-order valence-corrected chi connectivity index (χ4v) is 2.01. The number of hydrogen-bond donors (Lipinski definition) is 0. The van der Waals surface area contributed by atoms with Crippen molar-refractivity contribution in [3.05, 3.63) is 23.6 Å². The van der Waals surface area contributed by atoms with Crippen LogP contribution in [0.5, 0.6) is 0 Å². The molecule has 0 bridgehead atoms. The first-order chi connectivity index (χ1) is 5.79. The molecule has 0 heterocycles. The lowest BCUT2D eigenvalue weighted by atomic mass is 9.79. The van der Waals surface area contributed by atoms with Crippen LogP contribution >= 0.6 is 0 Å². The van der Waals surface area contributed by atoms with E-state index in [9.17, 15) is 9.18 Å². The highest BCUT2D eigenvalue weighted by atomic mass is 19.1. The minimum absolute atomic E-state index is 0.0214. The molecule has 0 aromatic carbocycles. The highest BCUT2D eigenvalue weighted by Gasteiger charge is 2.29. The molecule has 1 nitrogen and oxygen atoms in total. The molecule has 0 spiro atoms. The highest BCUT2D eigenvalue weighted by Crippen LogP contribution is 2.35. The van der Waals surface area contributed by atoms with Crippen molar-refractivity contribution >= 4 is 5.78 Å². The van der Waals surface area contributed by atoms with Crippen LogP contribution in [0.3, 0.4) is 0 Å². The summed E-state index contributed by atoms with van der Waals surface area (Å²) in [5, 5.41) is 0. The van der Waals surface area contributed by atoms with Gasteiger partial charge >= 0.3 is 0 Å². The predicted molar refractivity (Wildman–Crippen MR) is 44.2 cm³/mol. The summed E-state index contributed by atoms with van der Waals surface area (Å²) in [6, 6.07) is 0. The van der Waals surface area contributed by atoms with Crippen molar-refractivity contribution < 1.29 is 9.18 Å². The molecule has 1 saturated carbocycles. The summed E-state index contributed by atoms with van der Waals surface area (Å²) >= 11 is 0. The third-order valence-electron chi connectivity index (χ3n) is 2.61. The molecule has 0 aromatic heterocycles. The van der Waals surface area contributed by atoms with E-state index in [2.05, 4.69) is 0 Å². The molecule has 0 radical (unpaired) electrons. The molecule has 0 aromatic rings. The van der Waals surface area contributed by atoms with E-state index in [4.69, 9.17) is 0 Å². The maximum atomic E-state index is 13.1. The summed E-state index contributed by atoms with van der Waals surface area (Å²) in [5.74, 6) is -0.0969. The Morgan fingerprint density at radius 2 is 2.33 bits per heavy atom. The van der Waals surface area contributed by atoms with Crippen LogP contribution in [0.15, 0.2) is 23.6 Å². The van der Waals surface area contributed by atoms with Crippen molar-refractivity contribution in [3.8, 4) is 0 Å². The van der Waals surface area contributed by atoms with E-state index in [0.29, 0.717) is 12.0 Å². The zero-order valence-electron chi connectivity index (χ0n) is 6.85. The van der Waals surface area contributed by atoms with Gasteiger partial charge in [0.2, 0.25) is 0 Å². The lowest BCUT2D eigenvalue weighted by Crippen LogP contribution is -2.21. The molecule has 0 amide bonds. The smallest absolute Gasteiger partial charge is 0.162 e. The van der Waals surface area contributed by atoms with Crippen molar-refractivity contribution in [1.29, 1.82) is 0 Å². The lowest BCUT2D eigenvalue weighted by Gasteiger charge is -2.25. The van der Waals surface area contributed by atoms with Gasteiger partial charge in [-0.3, -0.25) is 4.79 Å². The van der Waals surface area contributed by atoms with E-state index in [-0.39, 0.29) is 17.5 Å². The number of hydrogen-bond acceptors (Lipinski definition) is 1. The fraction of sp³-hybridized carbons (Fsp3) is 0.500. The highest BCUT2D eigenvalue weighted by molar-refractivity contribution is 5.97. The number of rotatable bonds is 0. The van der Waals surface area contributed by atoms with Crippen molar-refractivity contribution in [2.45, 2.75) is 25.7 Å². The predicted octanol–water partition coefficient (Wildman–Crippen LogP) is 2.54. The molecule has 1 unspecified atom stereocenters. The Morgan fingerprint density at radius 1 is 1.50 bits per heavy atom. The van der Waals surface area contributed by atoms with Gasteiger partial charge in [0, 0.05) is 12.0 Å². The first kappa shape index (κ1) is 7.71. The van der Waals surface area contributed by atoms with E-state index in [1.165, 1.54) is 6.08 Å². The molecule has 12 heavy (non-hydrogen) atoms. The van der Waals surface area contributed by atoms with Crippen LogP contribution in [-0.4, -0.2) is 5.78 Å². The van der Waals surface area contributed by atoms with Gasteiger partial charge in [0.05, 0.1) is 0 Å². The van der Waals surface area contributed by atoms with E-state index in [1.807, 2.05) is 6.08 Å². The quantitative estimate of drug-likeness (QED) is 0.540. The average Bonchev–Trinajstić information content (AvgIpc) is 2.04. The van der Waals surface area contributed by atoms with Crippen LogP contribution in [0.1, 0.15) is 25.7 Å². The van der Waals surface area contributed by atoms with E-state index >= 15 is 0 Å². The van der Waals surface area contributed by atoms with Crippen LogP contribution in [0, 0.1) is 5.92 Å². The molecule has 0 N–H and O–H groups in total. The second-order valence-electron chi connectivity index (χ2n) is 3.41. The summed E-state index contributed by atoms with van der Waals surface area (Å²) in [6.45, 7) is 0. The molecule has 1 atom stereocenters. The van der Waals surface area contributed by atoms with Gasteiger partial charge < -0.3 is 0 Å². The van der Waals surface area contributed by atoms with Crippen molar-refractivity contribution in [3.63, 3.8) is 0 Å². The third-order valence-corrected chi connectivity index (χ3v) is 2.61. The van der Waals surface area contributed by atoms with Crippen molar-refractivity contribution in [2.24, 2.45) is 5.92 Å². The van der Waals surface area contributed by atoms with Gasteiger partial charge in [0.1, 0.15) is 5.83 Å². The van der Waals surface area contributed by atoms with Gasteiger partial charge in [-0.05, 0) is 31.3 Å². The topological polar surface area (TPSA) is 17.1 Å². The number of carbonyl (C=O) groups is 1. The molecule has 0 saturated heterocycles. The number of carbonyl (C=O) groups excluding carboxylic acids is 1. The molecule has 0 aliphatic heterocycles. The van der Waals surface area contributed by atoms with Gasteiger partial charge in [-0.1, -0.05) is 6.08 Å². The Labute approximate surface area is 71.0 Å². The maximum Gasteiger partial charge on any atom is 0.162 e. The molecule has 64 valence electrons. The zero-order chi connectivity index (χ0) is 8.55. The lowest BCUT2D eigenvalue weighted by molar-refractivity contribution is -0.117. The monoisotopic (exact) mass is 166 g/mol. The molecule has 1 fully saturated rings. The summed E-state index contributed by atoms with van der Waals surface area (Å²) in [7, 11) is 0. The Kier molecular flexibility index (Phi) is 1.83. The van der Waals surface area contributed by atoms with Crippen LogP contribution in [0.2, 0.25) is 0 Å². The van der Waals surface area contributed by atoms with Crippen LogP contribution in [-0.2, 0) is 4.79 Å². The summed E-state index contributed by atoms with van der Waals surface area (Å²) < 4.78 is 13.1. The number of fused-ring (bicyclic) bond motifs is 1. The largest absolute Gasteiger partial charge is 0.294 e. The molecule has 2 aliphatic carbocycles. The maximum absolute atomic E-state index is 13.1. The van der Waals surface area contributed by atoms with Gasteiger partial charge in [0.25, 0.3) is 0 Å². The summed E-state index contributed by atoms with van der Waals surface area (Å²) in [4.78, 5) is 11.3. The summed E-state index contributed by atoms with van der Waals surface area (Å²) in [6.07, 6.45) is 6.52. The molecule has 2 rings (SSSR count). The van der Waals surface area contributed by atoms with Crippen molar-refractivity contribution in [1.82, 2.24) is 0 Å². The number of allylic oxidation sites excluding steroid dienone is 4. The average molecular weight is 166 g/mol. The third kappa shape index (κ3) is 1.11. The van der Waals surface area contributed by atoms with E-state index in [0.717, 1.165) is 19.3 Å². The SMILES string of the molecule is O=C1CCCC2CC=CC(F)=C12. The van der Waals surface area contributed by atoms with Crippen LogP contribution in [0.4, 0.5) is 4.39 Å². The Balaban J connectivity index is 2.37. The van der Waals surface area contributed by atoms with Gasteiger partial charge in [-0.25, -0.2) is 4.39 Å². The first-order valence-corrected chi connectivity index (χ1v) is 4.38. The number of ketones is 1.